The van der Waals surface area contributed by atoms with Gasteiger partial charge in [0.25, 0.3) is 0 Å². The Hall–Kier alpha value is -2.45. The molecule has 0 aliphatic carbocycles. The van der Waals surface area contributed by atoms with Crippen LogP contribution in [-0.4, -0.2) is 11.1 Å². The Labute approximate surface area is 113 Å². The molecule has 0 saturated heterocycles. The quantitative estimate of drug-likeness (QED) is 0.928. The highest BCUT2D eigenvalue weighted by molar-refractivity contribution is 6.32. The molecule has 19 heavy (non-hydrogen) atoms. The van der Waals surface area contributed by atoms with Gasteiger partial charge in [0, 0.05) is 0 Å². The lowest BCUT2D eigenvalue weighted by atomic mass is 10.2. The van der Waals surface area contributed by atoms with E-state index >= 15 is 0 Å². The molecule has 0 aliphatic rings. The van der Waals surface area contributed by atoms with E-state index in [-0.39, 0.29) is 12.4 Å². The van der Waals surface area contributed by atoms with Gasteiger partial charge in [0.05, 0.1) is 16.7 Å². The van der Waals surface area contributed by atoms with Crippen LogP contribution in [0.3, 0.4) is 0 Å². The van der Waals surface area contributed by atoms with Crippen molar-refractivity contribution in [1.29, 1.82) is 5.26 Å². The summed E-state index contributed by atoms with van der Waals surface area (Å²) in [6, 6.07) is 9.46. The van der Waals surface area contributed by atoms with Gasteiger partial charge in [-0.1, -0.05) is 11.6 Å². The Morgan fingerprint density at radius 3 is 2.79 bits per heavy atom. The van der Waals surface area contributed by atoms with Crippen LogP contribution >= 0.6 is 11.6 Å². The highest BCUT2D eigenvalue weighted by atomic mass is 35.5. The van der Waals surface area contributed by atoms with Crippen molar-refractivity contribution in [2.75, 3.05) is 0 Å². The maximum Gasteiger partial charge on any atom is 0.371 e. The molecule has 1 aromatic carbocycles. The summed E-state index contributed by atoms with van der Waals surface area (Å²) in [6.45, 7) is 0.0545. The van der Waals surface area contributed by atoms with Gasteiger partial charge in [-0.2, -0.15) is 5.26 Å². The van der Waals surface area contributed by atoms with Crippen LogP contribution in [0.25, 0.3) is 0 Å². The minimum absolute atomic E-state index is 0.0545. The molecule has 5 nitrogen and oxygen atoms in total. The number of hydrogen-bond acceptors (Lipinski definition) is 4. The Bertz CT molecular complexity index is 657. The summed E-state index contributed by atoms with van der Waals surface area (Å²) in [6.07, 6.45) is 0. The normalized spacial score (nSPS) is 9.89. The molecule has 1 heterocycles. The number of ether oxygens (including phenoxy) is 1. The fourth-order valence-corrected chi connectivity index (χ4v) is 1.64. The van der Waals surface area contributed by atoms with Crippen molar-refractivity contribution in [2.45, 2.75) is 6.61 Å². The molecule has 0 atom stereocenters. The van der Waals surface area contributed by atoms with Crippen LogP contribution in [0, 0.1) is 11.3 Å². The van der Waals surface area contributed by atoms with Gasteiger partial charge in [0.1, 0.15) is 18.1 Å². The highest BCUT2D eigenvalue weighted by Crippen LogP contribution is 2.26. The lowest BCUT2D eigenvalue weighted by Gasteiger charge is -2.06. The molecule has 0 spiro atoms. The number of carbonyl (C=O) groups is 1. The number of rotatable bonds is 4. The predicted octanol–water partition coefficient (Wildman–Crippen LogP) is 3.08. The number of carboxylic acids is 1. The van der Waals surface area contributed by atoms with Gasteiger partial charge in [-0.15, -0.1) is 0 Å². The molecule has 6 heteroatoms. The van der Waals surface area contributed by atoms with Gasteiger partial charge in [0.2, 0.25) is 5.76 Å². The van der Waals surface area contributed by atoms with Gasteiger partial charge in [-0.3, -0.25) is 0 Å². The molecule has 0 radical (unpaired) electrons. The van der Waals surface area contributed by atoms with Crippen LogP contribution < -0.4 is 4.74 Å². The van der Waals surface area contributed by atoms with Crippen molar-refractivity contribution in [1.82, 2.24) is 0 Å². The molecule has 0 aliphatic heterocycles. The lowest BCUT2D eigenvalue weighted by Crippen LogP contribution is -1.96. The molecular weight excluding hydrogens is 270 g/mol. The molecule has 1 aromatic heterocycles. The summed E-state index contributed by atoms with van der Waals surface area (Å²) in [4.78, 5) is 10.6. The second kappa shape index (κ2) is 5.46. The first-order chi connectivity index (χ1) is 9.10. The first-order valence-corrected chi connectivity index (χ1v) is 5.62. The van der Waals surface area contributed by atoms with Crippen molar-refractivity contribution in [3.63, 3.8) is 0 Å². The summed E-state index contributed by atoms with van der Waals surface area (Å²) >= 11 is 5.93. The number of carboxylic acid groups (broad SMARTS) is 1. The molecule has 0 amide bonds. The number of halogens is 1. The Kier molecular flexibility index (Phi) is 3.74. The lowest BCUT2D eigenvalue weighted by molar-refractivity contribution is 0.0658. The van der Waals surface area contributed by atoms with Crippen molar-refractivity contribution in [3.05, 3.63) is 52.4 Å². The zero-order valence-electron chi connectivity index (χ0n) is 9.59. The zero-order chi connectivity index (χ0) is 13.8. The number of aromatic carboxylic acids is 1. The van der Waals surface area contributed by atoms with E-state index in [4.69, 9.17) is 31.1 Å². The van der Waals surface area contributed by atoms with E-state index in [2.05, 4.69) is 0 Å². The third-order valence-corrected chi connectivity index (χ3v) is 2.60. The number of nitriles is 1. The first kappa shape index (κ1) is 13.0. The summed E-state index contributed by atoms with van der Waals surface area (Å²) in [5, 5.41) is 17.7. The molecular formula is C13H8ClNO4. The van der Waals surface area contributed by atoms with E-state index in [1.807, 2.05) is 6.07 Å². The fraction of sp³-hybridized carbons (Fsp3) is 0.0769. The van der Waals surface area contributed by atoms with E-state index in [1.165, 1.54) is 18.2 Å². The summed E-state index contributed by atoms with van der Waals surface area (Å²) in [7, 11) is 0. The van der Waals surface area contributed by atoms with Crippen LogP contribution in [0.1, 0.15) is 21.9 Å². The van der Waals surface area contributed by atoms with Crippen molar-refractivity contribution < 1.29 is 19.1 Å². The average molecular weight is 278 g/mol. The first-order valence-electron chi connectivity index (χ1n) is 5.24. The van der Waals surface area contributed by atoms with Crippen LogP contribution in [0.2, 0.25) is 5.02 Å². The topological polar surface area (TPSA) is 83.5 Å². The van der Waals surface area contributed by atoms with E-state index in [0.29, 0.717) is 22.1 Å². The van der Waals surface area contributed by atoms with Gasteiger partial charge in [-0.25, -0.2) is 4.79 Å². The largest absolute Gasteiger partial charge is 0.484 e. The summed E-state index contributed by atoms with van der Waals surface area (Å²) in [5.41, 5.74) is 0.434. The van der Waals surface area contributed by atoms with Crippen LogP contribution in [0.4, 0.5) is 0 Å². The maximum atomic E-state index is 10.6. The zero-order valence-corrected chi connectivity index (χ0v) is 10.3. The van der Waals surface area contributed by atoms with E-state index in [9.17, 15) is 4.79 Å². The summed E-state index contributed by atoms with van der Waals surface area (Å²) in [5.74, 6) is -0.515. The minimum atomic E-state index is -1.14. The number of hydrogen-bond donors (Lipinski definition) is 1. The van der Waals surface area contributed by atoms with Crippen molar-refractivity contribution >= 4 is 17.6 Å². The molecule has 0 saturated carbocycles. The smallest absolute Gasteiger partial charge is 0.371 e. The molecule has 0 fully saturated rings. The summed E-state index contributed by atoms with van der Waals surface area (Å²) < 4.78 is 10.4. The second-order valence-electron chi connectivity index (χ2n) is 3.62. The van der Waals surface area contributed by atoms with E-state index in [1.54, 1.807) is 12.1 Å². The van der Waals surface area contributed by atoms with E-state index < -0.39 is 5.97 Å². The molecule has 96 valence electrons. The van der Waals surface area contributed by atoms with Crippen molar-refractivity contribution in [2.24, 2.45) is 0 Å². The van der Waals surface area contributed by atoms with Crippen LogP contribution in [0.15, 0.2) is 34.7 Å². The Morgan fingerprint density at radius 2 is 2.21 bits per heavy atom. The van der Waals surface area contributed by atoms with Gasteiger partial charge < -0.3 is 14.3 Å². The van der Waals surface area contributed by atoms with Crippen LogP contribution in [-0.2, 0) is 6.61 Å². The maximum absolute atomic E-state index is 10.6. The third-order valence-electron chi connectivity index (χ3n) is 2.30. The SMILES string of the molecule is N#Cc1ccc(OCc2ccc(C(=O)O)o2)c(Cl)c1. The van der Waals surface area contributed by atoms with E-state index in [0.717, 1.165) is 0 Å². The molecule has 2 rings (SSSR count). The number of benzene rings is 1. The van der Waals surface area contributed by atoms with Crippen LogP contribution in [0.5, 0.6) is 5.75 Å². The Morgan fingerprint density at radius 1 is 1.42 bits per heavy atom. The number of furan rings is 1. The highest BCUT2D eigenvalue weighted by Gasteiger charge is 2.10. The molecule has 1 N–H and O–H groups in total. The van der Waals surface area contributed by atoms with Gasteiger partial charge in [-0.05, 0) is 30.3 Å². The average Bonchev–Trinajstić information content (AvgIpc) is 2.86. The predicted molar refractivity (Wildman–Crippen MR) is 66.2 cm³/mol. The fourth-order valence-electron chi connectivity index (χ4n) is 1.41. The third kappa shape index (κ3) is 3.06. The standard InChI is InChI=1S/C13H8ClNO4/c14-10-5-8(6-15)1-3-11(10)18-7-9-2-4-12(19-9)13(16)17/h1-5H,7H2,(H,16,17). The Balaban J connectivity index is 2.06. The molecule has 0 bridgehead atoms. The molecule has 2 aromatic rings. The minimum Gasteiger partial charge on any atom is -0.484 e. The van der Waals surface area contributed by atoms with Crippen molar-refractivity contribution in [3.8, 4) is 11.8 Å². The second-order valence-corrected chi connectivity index (χ2v) is 4.02. The van der Waals surface area contributed by atoms with Gasteiger partial charge in [0.15, 0.2) is 0 Å². The monoisotopic (exact) mass is 277 g/mol. The number of nitrogens with zero attached hydrogens (tertiary/aromatic N) is 1. The molecule has 0 unspecified atom stereocenters. The van der Waals surface area contributed by atoms with Gasteiger partial charge >= 0.3 is 5.97 Å².